The molecule has 0 saturated carbocycles. The molecule has 2 aromatic heterocycles. The first-order valence-corrected chi connectivity index (χ1v) is 7.58. The number of carboxylic acid groups (broad SMARTS) is 1. The molecule has 0 radical (unpaired) electrons. The molecule has 0 bridgehead atoms. The van der Waals surface area contributed by atoms with E-state index in [0.29, 0.717) is 5.92 Å². The number of imidazole rings is 1. The minimum Gasteiger partial charge on any atom is -0.480 e. The number of hydrogen-bond acceptors (Lipinski definition) is 4. The molecule has 118 valence electrons. The minimum absolute atomic E-state index is 0.0721. The molecular weight excluding hydrogens is 282 g/mol. The molecule has 0 unspecified atom stereocenters. The number of hydrogen-bond donors (Lipinski definition) is 2. The molecule has 2 N–H and O–H groups in total. The lowest BCUT2D eigenvalue weighted by molar-refractivity contribution is -0.137. The van der Waals surface area contributed by atoms with E-state index in [1.807, 2.05) is 13.0 Å². The van der Waals surface area contributed by atoms with Crippen molar-refractivity contribution in [3.05, 3.63) is 35.7 Å². The van der Waals surface area contributed by atoms with Gasteiger partial charge in [-0.1, -0.05) is 0 Å². The summed E-state index contributed by atoms with van der Waals surface area (Å²) in [5.74, 6) is -0.528. The molecule has 1 fully saturated rings. The number of aromatic amines is 1. The molecule has 0 amide bonds. The van der Waals surface area contributed by atoms with Crippen LogP contribution in [0.25, 0.3) is 0 Å². The number of nitrogens with zero attached hydrogens (tertiary/aromatic N) is 4. The van der Waals surface area contributed by atoms with Crippen molar-refractivity contribution in [3.63, 3.8) is 0 Å². The van der Waals surface area contributed by atoms with Gasteiger partial charge in [-0.2, -0.15) is 5.10 Å². The molecule has 0 aliphatic carbocycles. The molecule has 0 aromatic carbocycles. The van der Waals surface area contributed by atoms with Crippen molar-refractivity contribution in [1.29, 1.82) is 0 Å². The minimum atomic E-state index is -0.857. The molecule has 22 heavy (non-hydrogen) atoms. The van der Waals surface area contributed by atoms with Crippen LogP contribution in [0.3, 0.4) is 0 Å². The first-order chi connectivity index (χ1) is 10.6. The predicted molar refractivity (Wildman–Crippen MR) is 80.4 cm³/mol. The molecule has 3 rings (SSSR count). The second-order valence-electron chi connectivity index (χ2n) is 5.86. The van der Waals surface area contributed by atoms with E-state index in [0.717, 1.165) is 49.6 Å². The Bertz CT molecular complexity index is 648. The summed E-state index contributed by atoms with van der Waals surface area (Å²) in [5.41, 5.74) is 3.21. The summed E-state index contributed by atoms with van der Waals surface area (Å²) in [6.45, 7) is 4.76. The summed E-state index contributed by atoms with van der Waals surface area (Å²) in [4.78, 5) is 20.8. The second kappa shape index (κ2) is 6.31. The second-order valence-corrected chi connectivity index (χ2v) is 5.86. The Balaban J connectivity index is 1.69. The van der Waals surface area contributed by atoms with Crippen LogP contribution in [0.5, 0.6) is 0 Å². The van der Waals surface area contributed by atoms with Crippen molar-refractivity contribution in [2.45, 2.75) is 38.8 Å². The van der Waals surface area contributed by atoms with Gasteiger partial charge < -0.3 is 10.1 Å². The number of H-pyrrole nitrogens is 1. The summed E-state index contributed by atoms with van der Waals surface area (Å²) < 4.78 is 1.61. The first-order valence-electron chi connectivity index (χ1n) is 7.58. The van der Waals surface area contributed by atoms with Crippen LogP contribution in [0, 0.1) is 6.92 Å². The molecule has 7 nitrogen and oxygen atoms in total. The number of aryl methyl sites for hydroxylation is 1. The van der Waals surface area contributed by atoms with Gasteiger partial charge in [0, 0.05) is 36.6 Å². The highest BCUT2D eigenvalue weighted by Gasteiger charge is 2.25. The number of aromatic nitrogens is 4. The quantitative estimate of drug-likeness (QED) is 0.871. The van der Waals surface area contributed by atoms with Gasteiger partial charge in [0.2, 0.25) is 0 Å². The fourth-order valence-corrected chi connectivity index (χ4v) is 3.15. The third kappa shape index (κ3) is 3.19. The molecule has 1 aliphatic rings. The van der Waals surface area contributed by atoms with Gasteiger partial charge in [-0.25, -0.2) is 4.98 Å². The number of carboxylic acids is 1. The summed E-state index contributed by atoms with van der Waals surface area (Å²) in [6.07, 6.45) is 5.59. The van der Waals surface area contributed by atoms with E-state index >= 15 is 0 Å². The Morgan fingerprint density at radius 1 is 1.55 bits per heavy atom. The molecular formula is C15H21N5O2. The van der Waals surface area contributed by atoms with Crippen molar-refractivity contribution in [2.75, 3.05) is 13.1 Å². The van der Waals surface area contributed by atoms with Crippen LogP contribution in [-0.4, -0.2) is 48.8 Å². The van der Waals surface area contributed by atoms with Crippen LogP contribution in [0.1, 0.15) is 35.8 Å². The van der Waals surface area contributed by atoms with Crippen LogP contribution < -0.4 is 0 Å². The highest BCUT2D eigenvalue weighted by molar-refractivity contribution is 5.66. The zero-order chi connectivity index (χ0) is 15.5. The van der Waals surface area contributed by atoms with Crippen LogP contribution in [-0.2, 0) is 17.9 Å². The highest BCUT2D eigenvalue weighted by atomic mass is 16.4. The third-order valence-electron chi connectivity index (χ3n) is 4.27. The number of rotatable bonds is 5. The summed E-state index contributed by atoms with van der Waals surface area (Å²) in [5, 5.41) is 13.1. The molecule has 1 aliphatic heterocycles. The van der Waals surface area contributed by atoms with E-state index in [9.17, 15) is 4.79 Å². The van der Waals surface area contributed by atoms with Gasteiger partial charge >= 0.3 is 5.97 Å². The summed E-state index contributed by atoms with van der Waals surface area (Å²) in [7, 11) is 0. The lowest BCUT2D eigenvalue weighted by atomic mass is 9.94. The Morgan fingerprint density at radius 3 is 3.14 bits per heavy atom. The maximum absolute atomic E-state index is 10.9. The normalized spacial score (nSPS) is 19.4. The van der Waals surface area contributed by atoms with Gasteiger partial charge in [0.1, 0.15) is 6.54 Å². The predicted octanol–water partition coefficient (Wildman–Crippen LogP) is 1.38. The average molecular weight is 303 g/mol. The monoisotopic (exact) mass is 303 g/mol. The van der Waals surface area contributed by atoms with Gasteiger partial charge in [0.25, 0.3) is 0 Å². The Labute approximate surface area is 129 Å². The van der Waals surface area contributed by atoms with E-state index in [2.05, 4.69) is 20.0 Å². The van der Waals surface area contributed by atoms with E-state index in [-0.39, 0.29) is 6.54 Å². The van der Waals surface area contributed by atoms with E-state index in [4.69, 9.17) is 5.11 Å². The van der Waals surface area contributed by atoms with Crippen LogP contribution in [0.15, 0.2) is 18.6 Å². The topological polar surface area (TPSA) is 87.0 Å². The smallest absolute Gasteiger partial charge is 0.325 e. The van der Waals surface area contributed by atoms with Crippen LogP contribution in [0.4, 0.5) is 0 Å². The maximum atomic E-state index is 10.9. The third-order valence-corrected chi connectivity index (χ3v) is 4.27. The van der Waals surface area contributed by atoms with E-state index in [1.165, 1.54) is 0 Å². The zero-order valence-corrected chi connectivity index (χ0v) is 12.7. The Kier molecular flexibility index (Phi) is 4.24. The van der Waals surface area contributed by atoms with Crippen LogP contribution in [0.2, 0.25) is 0 Å². The van der Waals surface area contributed by atoms with Crippen LogP contribution >= 0.6 is 0 Å². The largest absolute Gasteiger partial charge is 0.480 e. The first kappa shape index (κ1) is 14.8. The fourth-order valence-electron chi connectivity index (χ4n) is 3.15. The van der Waals surface area contributed by atoms with Crippen molar-refractivity contribution in [3.8, 4) is 0 Å². The number of nitrogens with one attached hydrogen (secondary N) is 1. The van der Waals surface area contributed by atoms with Crippen molar-refractivity contribution in [1.82, 2.24) is 24.6 Å². The molecule has 7 heteroatoms. The SMILES string of the molecule is Cc1[nH]cnc1CN1CCC[C@@H](c2ccnn2CC(=O)O)C1. The van der Waals surface area contributed by atoms with Crippen molar-refractivity contribution in [2.24, 2.45) is 0 Å². The number of aliphatic carboxylic acids is 1. The van der Waals surface area contributed by atoms with Gasteiger partial charge in [-0.05, 0) is 32.4 Å². The summed E-state index contributed by atoms with van der Waals surface area (Å²) >= 11 is 0. The van der Waals surface area contributed by atoms with Gasteiger partial charge in [0.15, 0.2) is 0 Å². The average Bonchev–Trinajstić information content (AvgIpc) is 3.09. The lowest BCUT2D eigenvalue weighted by Gasteiger charge is -2.32. The maximum Gasteiger partial charge on any atom is 0.325 e. The van der Waals surface area contributed by atoms with Gasteiger partial charge in [-0.3, -0.25) is 14.4 Å². The molecule has 1 saturated heterocycles. The fraction of sp³-hybridized carbons (Fsp3) is 0.533. The Morgan fingerprint density at radius 2 is 2.41 bits per heavy atom. The van der Waals surface area contributed by atoms with Gasteiger partial charge in [0.05, 0.1) is 12.0 Å². The van der Waals surface area contributed by atoms with E-state index in [1.54, 1.807) is 17.2 Å². The molecule has 1 atom stereocenters. The Hall–Kier alpha value is -2.15. The number of carbonyl (C=O) groups is 1. The van der Waals surface area contributed by atoms with E-state index < -0.39 is 5.97 Å². The highest BCUT2D eigenvalue weighted by Crippen LogP contribution is 2.27. The molecule has 2 aromatic rings. The van der Waals surface area contributed by atoms with Crippen molar-refractivity contribution >= 4 is 5.97 Å². The zero-order valence-electron chi connectivity index (χ0n) is 12.7. The number of likely N-dealkylation sites (tertiary alicyclic amines) is 1. The molecule has 3 heterocycles. The lowest BCUT2D eigenvalue weighted by Crippen LogP contribution is -2.35. The number of piperidine rings is 1. The molecule has 0 spiro atoms. The summed E-state index contributed by atoms with van der Waals surface area (Å²) in [6, 6.07) is 1.94. The van der Waals surface area contributed by atoms with Crippen molar-refractivity contribution < 1.29 is 9.90 Å². The van der Waals surface area contributed by atoms with Gasteiger partial charge in [-0.15, -0.1) is 0 Å². The standard InChI is InChI=1S/C15H21N5O2/c1-11-13(17-10-16-11)8-19-6-2-3-12(7-19)14-4-5-18-20(14)9-15(21)22/h4-5,10,12H,2-3,6-9H2,1H3,(H,16,17)(H,21,22)/t12-/m1/s1.